The number of carbonyl (C=O) groups is 3. The largest absolute Gasteiger partial charge is 0.457 e. The summed E-state index contributed by atoms with van der Waals surface area (Å²) < 4.78 is 23.4. The van der Waals surface area contributed by atoms with Gasteiger partial charge in [0, 0.05) is 57.9 Å². The number of carbonyl (C=O) groups excluding carboxylic acids is 3. The molecule has 3 heterocycles. The van der Waals surface area contributed by atoms with Crippen molar-refractivity contribution in [3.63, 3.8) is 0 Å². The fourth-order valence-corrected chi connectivity index (χ4v) is 6.71. The predicted octanol–water partition coefficient (Wildman–Crippen LogP) is 2.89. The lowest BCUT2D eigenvalue weighted by molar-refractivity contribution is -0.168. The fourth-order valence-electron chi connectivity index (χ4n) is 6.71. The van der Waals surface area contributed by atoms with Crippen LogP contribution in [0.1, 0.15) is 80.6 Å². The number of rotatable bonds is 12. The van der Waals surface area contributed by atoms with E-state index in [9.17, 15) is 34.8 Å². The number of ether oxygens (including phenoxy) is 4. The molecule has 13 heteroatoms. The molecule has 4 N–H and O–H groups in total. The van der Waals surface area contributed by atoms with Crippen LogP contribution < -0.4 is 0 Å². The van der Waals surface area contributed by atoms with Crippen molar-refractivity contribution in [3.05, 3.63) is 36.0 Å². The van der Waals surface area contributed by atoms with Crippen LogP contribution in [0.3, 0.4) is 0 Å². The van der Waals surface area contributed by atoms with E-state index in [1.54, 1.807) is 56.1 Å². The van der Waals surface area contributed by atoms with Crippen LogP contribution >= 0.6 is 0 Å². The van der Waals surface area contributed by atoms with E-state index >= 15 is 0 Å². The minimum Gasteiger partial charge on any atom is -0.457 e. The van der Waals surface area contributed by atoms with Crippen LogP contribution in [0.15, 0.2) is 36.0 Å². The van der Waals surface area contributed by atoms with Gasteiger partial charge in [0.05, 0.1) is 43.0 Å². The van der Waals surface area contributed by atoms with Gasteiger partial charge < -0.3 is 44.3 Å². The summed E-state index contributed by atoms with van der Waals surface area (Å²) in [7, 11) is 0. The zero-order chi connectivity index (χ0) is 37.2. The molecule has 3 aliphatic rings. The van der Waals surface area contributed by atoms with Crippen LogP contribution in [-0.2, 0) is 28.5 Å². The van der Waals surface area contributed by atoms with E-state index in [0.717, 1.165) is 0 Å². The van der Waals surface area contributed by atoms with Gasteiger partial charge in [-0.05, 0) is 51.7 Å². The molecule has 0 unspecified atom stereocenters. The standard InChI is InChI=1S/C37H60N2O11/c1-8-29(43)26(4)34-30(47-34)23-36(6,46)14-9-10-24(2)33-25(3)11-12-31(48-35(45)39-18-16-38(17-19-39)20-21-40)37(7,50-27(5)41)15-13-28(42)22-32(44)49-33/h9-12,14,25-26,28-31,33-34,40,42-43,46H,8,13,15-23H2,1-7H3/b12-11-,14-9+,24-10+/t25-,26+,28+,29-,30+,31-,33+,34+,36-,37+/m0/s1. The van der Waals surface area contributed by atoms with Crippen molar-refractivity contribution < 1.29 is 53.8 Å². The average Bonchev–Trinajstić information content (AvgIpc) is 3.81. The maximum atomic E-state index is 13.4. The van der Waals surface area contributed by atoms with E-state index in [1.807, 2.05) is 20.8 Å². The van der Waals surface area contributed by atoms with Crippen molar-refractivity contribution in [1.82, 2.24) is 9.80 Å². The normalized spacial score (nSPS) is 33.3. The van der Waals surface area contributed by atoms with Crippen molar-refractivity contribution >= 4 is 18.0 Å². The molecule has 0 bridgehead atoms. The molecular formula is C37H60N2O11. The highest BCUT2D eigenvalue weighted by Gasteiger charge is 2.47. The number of amides is 1. The Morgan fingerprint density at radius 2 is 1.88 bits per heavy atom. The van der Waals surface area contributed by atoms with E-state index in [1.165, 1.54) is 6.92 Å². The molecule has 10 atom stereocenters. The van der Waals surface area contributed by atoms with Gasteiger partial charge in [-0.15, -0.1) is 0 Å². The first-order valence-corrected chi connectivity index (χ1v) is 17.9. The summed E-state index contributed by atoms with van der Waals surface area (Å²) >= 11 is 0. The molecule has 2 saturated heterocycles. The Hall–Kier alpha value is -2.81. The Morgan fingerprint density at radius 3 is 2.50 bits per heavy atom. The Bertz CT molecular complexity index is 1230. The lowest BCUT2D eigenvalue weighted by atomic mass is 9.88. The molecule has 0 aromatic heterocycles. The quantitative estimate of drug-likeness (QED) is 0.0768. The third-order valence-electron chi connectivity index (χ3n) is 10.00. The van der Waals surface area contributed by atoms with Crippen LogP contribution in [0, 0.1) is 11.8 Å². The van der Waals surface area contributed by atoms with Gasteiger partial charge in [0.2, 0.25) is 0 Å². The highest BCUT2D eigenvalue weighted by atomic mass is 16.6. The smallest absolute Gasteiger partial charge is 0.410 e. The van der Waals surface area contributed by atoms with Crippen molar-refractivity contribution in [2.75, 3.05) is 39.3 Å². The SMILES string of the molecule is CC[C@H](O)[C@@H](C)[C@H]1O[C@@H]1C[C@@](C)(O)/C=C/C=C(\C)[C@H]1OC(=O)C[C@H](O)CC[C@@](C)(OC(C)=O)[C@@H](OC(=O)N2CCN(CCO)CC2)/C=C\[C@@H]1C. The van der Waals surface area contributed by atoms with E-state index < -0.39 is 59.6 Å². The van der Waals surface area contributed by atoms with Gasteiger partial charge in [0.25, 0.3) is 0 Å². The van der Waals surface area contributed by atoms with Crippen LogP contribution in [0.5, 0.6) is 0 Å². The van der Waals surface area contributed by atoms with Gasteiger partial charge >= 0.3 is 18.0 Å². The van der Waals surface area contributed by atoms with Gasteiger partial charge in [-0.3, -0.25) is 14.5 Å². The lowest BCUT2D eigenvalue weighted by Crippen LogP contribution is -2.52. The lowest BCUT2D eigenvalue weighted by Gasteiger charge is -2.38. The first kappa shape index (κ1) is 41.6. The molecule has 0 radical (unpaired) electrons. The number of nitrogens with zero attached hydrogens (tertiary/aromatic N) is 2. The second-order valence-electron chi connectivity index (χ2n) is 14.6. The topological polar surface area (TPSA) is 179 Å². The van der Waals surface area contributed by atoms with Crippen LogP contribution in [0.4, 0.5) is 4.79 Å². The highest BCUT2D eigenvalue weighted by molar-refractivity contribution is 5.71. The minimum absolute atomic E-state index is 0.0288. The molecule has 284 valence electrons. The number of hydrogen-bond donors (Lipinski definition) is 4. The molecule has 3 rings (SSSR count). The molecule has 13 nitrogen and oxygen atoms in total. The Labute approximate surface area is 296 Å². The summed E-state index contributed by atoms with van der Waals surface area (Å²) in [6.45, 7) is 14.6. The molecule has 0 aromatic carbocycles. The molecule has 0 spiro atoms. The molecule has 3 aliphatic heterocycles. The number of allylic oxidation sites excluding steroid dienone is 2. The number of piperazine rings is 1. The molecule has 0 aromatic rings. The Kier molecular flexibility index (Phi) is 15.5. The monoisotopic (exact) mass is 708 g/mol. The molecule has 50 heavy (non-hydrogen) atoms. The first-order chi connectivity index (χ1) is 23.5. The van der Waals surface area contributed by atoms with Crippen LogP contribution in [0.2, 0.25) is 0 Å². The summed E-state index contributed by atoms with van der Waals surface area (Å²) in [6.07, 6.45) is 5.26. The van der Waals surface area contributed by atoms with E-state index in [-0.39, 0.29) is 44.0 Å². The van der Waals surface area contributed by atoms with E-state index in [4.69, 9.17) is 18.9 Å². The minimum atomic E-state index is -1.34. The number of aliphatic hydroxyl groups excluding tert-OH is 3. The number of β-amino-alcohol motifs (C(OH)–C–C–N with tert-alkyl or cyclic N) is 1. The first-order valence-electron chi connectivity index (χ1n) is 17.9. The molecule has 1 amide bonds. The fraction of sp³-hybridized carbons (Fsp3) is 0.757. The number of epoxide rings is 1. The summed E-state index contributed by atoms with van der Waals surface area (Å²) in [5, 5.41) is 41.2. The number of cyclic esters (lactones) is 1. The highest BCUT2D eigenvalue weighted by Crippen LogP contribution is 2.38. The summed E-state index contributed by atoms with van der Waals surface area (Å²) in [4.78, 5) is 42.3. The number of esters is 2. The maximum Gasteiger partial charge on any atom is 0.410 e. The third kappa shape index (κ3) is 12.4. The predicted molar refractivity (Wildman–Crippen MR) is 186 cm³/mol. The average molecular weight is 709 g/mol. The summed E-state index contributed by atoms with van der Waals surface area (Å²) in [6, 6.07) is 0. The van der Waals surface area contributed by atoms with Crippen LogP contribution in [-0.4, -0.2) is 135 Å². The second kappa shape index (κ2) is 18.6. The zero-order valence-electron chi connectivity index (χ0n) is 30.8. The van der Waals surface area contributed by atoms with Gasteiger partial charge in [-0.1, -0.05) is 45.1 Å². The van der Waals surface area contributed by atoms with Gasteiger partial charge in [-0.25, -0.2) is 4.79 Å². The zero-order valence-corrected chi connectivity index (χ0v) is 30.8. The van der Waals surface area contributed by atoms with Gasteiger partial charge in [0.15, 0.2) is 6.10 Å². The van der Waals surface area contributed by atoms with E-state index in [0.29, 0.717) is 51.1 Å². The third-order valence-corrected chi connectivity index (χ3v) is 10.00. The van der Waals surface area contributed by atoms with Crippen molar-refractivity contribution in [2.24, 2.45) is 11.8 Å². The van der Waals surface area contributed by atoms with Crippen LogP contribution in [0.25, 0.3) is 0 Å². The van der Waals surface area contributed by atoms with E-state index in [2.05, 4.69) is 4.90 Å². The number of aliphatic hydroxyl groups is 4. The van der Waals surface area contributed by atoms with Crippen molar-refractivity contribution in [2.45, 2.75) is 128 Å². The van der Waals surface area contributed by atoms with Gasteiger partial charge in [0.1, 0.15) is 11.7 Å². The summed E-state index contributed by atoms with van der Waals surface area (Å²) in [5.74, 6) is -1.63. The van der Waals surface area contributed by atoms with Gasteiger partial charge in [-0.2, -0.15) is 0 Å². The maximum absolute atomic E-state index is 13.4. The molecular weight excluding hydrogens is 648 g/mol. The Balaban J connectivity index is 1.81. The number of hydrogen-bond acceptors (Lipinski definition) is 12. The summed E-state index contributed by atoms with van der Waals surface area (Å²) in [5.41, 5.74) is -1.85. The molecule has 0 aliphatic carbocycles. The molecule has 0 saturated carbocycles. The van der Waals surface area contributed by atoms with Crippen molar-refractivity contribution in [3.8, 4) is 0 Å². The van der Waals surface area contributed by atoms with Crippen molar-refractivity contribution in [1.29, 1.82) is 0 Å². The Morgan fingerprint density at radius 1 is 1.20 bits per heavy atom. The second-order valence-corrected chi connectivity index (χ2v) is 14.6. The molecule has 2 fully saturated rings.